The predicted molar refractivity (Wildman–Crippen MR) is 69.7 cm³/mol. The van der Waals surface area contributed by atoms with Gasteiger partial charge in [-0.3, -0.25) is 4.79 Å². The van der Waals surface area contributed by atoms with Crippen LogP contribution in [0, 0.1) is 12.8 Å². The number of hydrogen-bond donors (Lipinski definition) is 0. The van der Waals surface area contributed by atoms with E-state index in [2.05, 4.69) is 36.1 Å². The Morgan fingerprint density at radius 2 is 1.94 bits per heavy atom. The van der Waals surface area contributed by atoms with Crippen molar-refractivity contribution in [3.05, 3.63) is 35.4 Å². The second kappa shape index (κ2) is 4.91. The van der Waals surface area contributed by atoms with E-state index in [1.807, 2.05) is 13.8 Å². The summed E-state index contributed by atoms with van der Waals surface area (Å²) in [7, 11) is 0. The highest BCUT2D eigenvalue weighted by molar-refractivity contribution is 5.78. The monoisotopic (exact) mass is 231 g/mol. The molecule has 1 aliphatic heterocycles. The minimum atomic E-state index is 0.0982. The van der Waals surface area contributed by atoms with Gasteiger partial charge in [0, 0.05) is 12.5 Å². The summed E-state index contributed by atoms with van der Waals surface area (Å²) in [5.74, 6) is 0.383. The van der Waals surface area contributed by atoms with E-state index >= 15 is 0 Å². The normalized spacial score (nSPS) is 20.0. The smallest absolute Gasteiger partial charge is 0.225 e. The third kappa shape index (κ3) is 2.51. The van der Waals surface area contributed by atoms with Crippen LogP contribution in [0.1, 0.15) is 43.9 Å². The van der Waals surface area contributed by atoms with Gasteiger partial charge in [0.15, 0.2) is 0 Å². The Hall–Kier alpha value is -1.31. The molecule has 92 valence electrons. The van der Waals surface area contributed by atoms with E-state index in [9.17, 15) is 4.79 Å². The number of amides is 1. The molecule has 2 rings (SSSR count). The molecule has 1 saturated heterocycles. The number of rotatable bonds is 2. The average molecular weight is 231 g/mol. The standard InChI is InChI=1S/C15H21NO/c1-11(2)15(17)16-10-4-5-14(16)13-8-6-12(3)7-9-13/h6-9,11,14H,4-5,10H2,1-3H3/t14-/m0/s1. The molecule has 0 saturated carbocycles. The minimum absolute atomic E-state index is 0.0982. The average Bonchev–Trinajstić information content (AvgIpc) is 2.77. The van der Waals surface area contributed by atoms with Crippen LogP contribution < -0.4 is 0 Å². The lowest BCUT2D eigenvalue weighted by Gasteiger charge is -2.26. The van der Waals surface area contributed by atoms with Crippen molar-refractivity contribution in [2.75, 3.05) is 6.54 Å². The molecule has 0 spiro atoms. The molecule has 17 heavy (non-hydrogen) atoms. The van der Waals surface area contributed by atoms with E-state index in [4.69, 9.17) is 0 Å². The predicted octanol–water partition coefficient (Wildman–Crippen LogP) is 3.31. The van der Waals surface area contributed by atoms with Gasteiger partial charge >= 0.3 is 0 Å². The first-order valence-electron chi connectivity index (χ1n) is 6.46. The van der Waals surface area contributed by atoms with Gasteiger partial charge in [-0.05, 0) is 25.3 Å². The van der Waals surface area contributed by atoms with Crippen molar-refractivity contribution in [2.45, 2.75) is 39.7 Å². The number of carbonyl (C=O) groups excluding carboxylic acids is 1. The van der Waals surface area contributed by atoms with Gasteiger partial charge in [-0.15, -0.1) is 0 Å². The van der Waals surface area contributed by atoms with Gasteiger partial charge < -0.3 is 4.90 Å². The fourth-order valence-corrected chi connectivity index (χ4v) is 2.50. The van der Waals surface area contributed by atoms with Crippen LogP contribution in [0.4, 0.5) is 0 Å². The van der Waals surface area contributed by atoms with Gasteiger partial charge in [0.2, 0.25) is 5.91 Å². The van der Waals surface area contributed by atoms with Crippen molar-refractivity contribution in [1.82, 2.24) is 4.90 Å². The van der Waals surface area contributed by atoms with Gasteiger partial charge in [0.1, 0.15) is 0 Å². The fraction of sp³-hybridized carbons (Fsp3) is 0.533. The Balaban J connectivity index is 2.20. The molecule has 2 nitrogen and oxygen atoms in total. The number of benzene rings is 1. The summed E-state index contributed by atoms with van der Waals surface area (Å²) in [6, 6.07) is 8.88. The zero-order valence-corrected chi connectivity index (χ0v) is 10.9. The zero-order valence-electron chi connectivity index (χ0n) is 10.9. The van der Waals surface area contributed by atoms with Crippen LogP contribution in [0.3, 0.4) is 0 Å². The molecular formula is C15H21NO. The number of carbonyl (C=O) groups is 1. The molecule has 1 amide bonds. The number of hydrogen-bond acceptors (Lipinski definition) is 1. The molecule has 0 N–H and O–H groups in total. The lowest BCUT2D eigenvalue weighted by Crippen LogP contribution is -2.33. The Morgan fingerprint density at radius 1 is 1.29 bits per heavy atom. The second-order valence-electron chi connectivity index (χ2n) is 5.26. The molecule has 2 heteroatoms. The summed E-state index contributed by atoms with van der Waals surface area (Å²) in [5, 5.41) is 0. The van der Waals surface area contributed by atoms with Crippen molar-refractivity contribution in [1.29, 1.82) is 0 Å². The molecule has 0 bridgehead atoms. The summed E-state index contributed by atoms with van der Waals surface area (Å²) in [4.78, 5) is 14.2. The molecule has 0 unspecified atom stereocenters. The highest BCUT2D eigenvalue weighted by Gasteiger charge is 2.30. The van der Waals surface area contributed by atoms with Crippen molar-refractivity contribution in [3.63, 3.8) is 0 Å². The molecule has 0 radical (unpaired) electrons. The fourth-order valence-electron chi connectivity index (χ4n) is 2.50. The van der Waals surface area contributed by atoms with Crippen LogP contribution in [-0.4, -0.2) is 17.4 Å². The van der Waals surface area contributed by atoms with Crippen LogP contribution >= 0.6 is 0 Å². The van der Waals surface area contributed by atoms with Crippen LogP contribution in [0.5, 0.6) is 0 Å². The Morgan fingerprint density at radius 3 is 2.53 bits per heavy atom. The van der Waals surface area contributed by atoms with Gasteiger partial charge in [-0.25, -0.2) is 0 Å². The summed E-state index contributed by atoms with van der Waals surface area (Å²) in [5.41, 5.74) is 2.55. The molecular weight excluding hydrogens is 210 g/mol. The third-order valence-electron chi connectivity index (χ3n) is 3.49. The van der Waals surface area contributed by atoms with Crippen LogP contribution in [0.2, 0.25) is 0 Å². The van der Waals surface area contributed by atoms with E-state index in [0.29, 0.717) is 6.04 Å². The number of nitrogens with zero attached hydrogens (tertiary/aromatic N) is 1. The van der Waals surface area contributed by atoms with Crippen LogP contribution in [-0.2, 0) is 4.79 Å². The zero-order chi connectivity index (χ0) is 12.4. The molecule has 0 aromatic heterocycles. The minimum Gasteiger partial charge on any atom is -0.335 e. The maximum absolute atomic E-state index is 12.1. The van der Waals surface area contributed by atoms with Gasteiger partial charge in [-0.2, -0.15) is 0 Å². The van der Waals surface area contributed by atoms with E-state index < -0.39 is 0 Å². The quantitative estimate of drug-likeness (QED) is 0.764. The molecule has 1 aromatic carbocycles. The van der Waals surface area contributed by atoms with E-state index in [1.165, 1.54) is 11.1 Å². The molecule has 1 atom stereocenters. The Kier molecular flexibility index (Phi) is 3.51. The van der Waals surface area contributed by atoms with E-state index in [0.717, 1.165) is 19.4 Å². The van der Waals surface area contributed by atoms with Gasteiger partial charge in [0.25, 0.3) is 0 Å². The van der Waals surface area contributed by atoms with Crippen molar-refractivity contribution >= 4 is 5.91 Å². The highest BCUT2D eigenvalue weighted by Crippen LogP contribution is 2.32. The van der Waals surface area contributed by atoms with Gasteiger partial charge in [0.05, 0.1) is 6.04 Å². The lowest BCUT2D eigenvalue weighted by atomic mass is 10.0. The molecule has 1 aliphatic rings. The first-order valence-corrected chi connectivity index (χ1v) is 6.46. The SMILES string of the molecule is Cc1ccc([C@@H]2CCCN2C(=O)C(C)C)cc1. The van der Waals surface area contributed by atoms with E-state index in [-0.39, 0.29) is 11.8 Å². The maximum atomic E-state index is 12.1. The van der Waals surface area contributed by atoms with Crippen LogP contribution in [0.15, 0.2) is 24.3 Å². The molecule has 1 fully saturated rings. The largest absolute Gasteiger partial charge is 0.335 e. The van der Waals surface area contributed by atoms with Crippen molar-refractivity contribution in [3.8, 4) is 0 Å². The molecule has 0 aliphatic carbocycles. The van der Waals surface area contributed by atoms with E-state index in [1.54, 1.807) is 0 Å². The summed E-state index contributed by atoms with van der Waals surface area (Å²) < 4.78 is 0. The summed E-state index contributed by atoms with van der Waals surface area (Å²) in [6.45, 7) is 6.96. The molecule has 1 aromatic rings. The molecule has 1 heterocycles. The van der Waals surface area contributed by atoms with Crippen molar-refractivity contribution < 1.29 is 4.79 Å². The Labute approximate surface area is 104 Å². The lowest BCUT2D eigenvalue weighted by molar-refractivity contribution is -0.135. The number of aryl methyl sites for hydroxylation is 1. The second-order valence-corrected chi connectivity index (χ2v) is 5.26. The summed E-state index contributed by atoms with van der Waals surface area (Å²) in [6.07, 6.45) is 2.22. The van der Waals surface area contributed by atoms with Gasteiger partial charge in [-0.1, -0.05) is 43.7 Å². The van der Waals surface area contributed by atoms with Crippen LogP contribution in [0.25, 0.3) is 0 Å². The number of likely N-dealkylation sites (tertiary alicyclic amines) is 1. The Bertz CT molecular complexity index is 394. The highest BCUT2D eigenvalue weighted by atomic mass is 16.2. The summed E-state index contributed by atoms with van der Waals surface area (Å²) >= 11 is 0. The first-order chi connectivity index (χ1) is 8.09. The first kappa shape index (κ1) is 12.2. The topological polar surface area (TPSA) is 20.3 Å². The third-order valence-corrected chi connectivity index (χ3v) is 3.49. The van der Waals surface area contributed by atoms with Crippen molar-refractivity contribution in [2.24, 2.45) is 5.92 Å². The maximum Gasteiger partial charge on any atom is 0.225 e.